The lowest BCUT2D eigenvalue weighted by molar-refractivity contribution is 0.419. The van der Waals surface area contributed by atoms with E-state index in [9.17, 15) is 0 Å². The first-order valence-electron chi connectivity index (χ1n) is 7.78. The van der Waals surface area contributed by atoms with Crippen LogP contribution >= 0.6 is 0 Å². The van der Waals surface area contributed by atoms with Crippen LogP contribution in [0.1, 0.15) is 47.9 Å². The van der Waals surface area contributed by atoms with Crippen molar-refractivity contribution in [2.24, 2.45) is 5.73 Å². The molecule has 1 aliphatic carbocycles. The van der Waals surface area contributed by atoms with Crippen molar-refractivity contribution in [1.82, 2.24) is 0 Å². The average molecular weight is 280 g/mol. The van der Waals surface area contributed by atoms with Crippen molar-refractivity contribution >= 4 is 5.69 Å². The van der Waals surface area contributed by atoms with Gasteiger partial charge in [-0.05, 0) is 47.6 Å². The Morgan fingerprint density at radius 1 is 0.905 bits per heavy atom. The van der Waals surface area contributed by atoms with Crippen LogP contribution in [0.5, 0.6) is 0 Å². The van der Waals surface area contributed by atoms with Crippen molar-refractivity contribution in [3.8, 4) is 0 Å². The molecule has 0 saturated heterocycles. The van der Waals surface area contributed by atoms with Gasteiger partial charge in [-0.2, -0.15) is 0 Å². The summed E-state index contributed by atoms with van der Waals surface area (Å²) in [5, 5.41) is 0. The Morgan fingerprint density at radius 3 is 1.86 bits per heavy atom. The van der Waals surface area contributed by atoms with Gasteiger partial charge in [0.1, 0.15) is 0 Å². The molecule has 0 aliphatic heterocycles. The SMILES string of the molecule is CN(C)c1ccc(C(N)c2ccc(C3CCC3)cc2)cc1. The summed E-state index contributed by atoms with van der Waals surface area (Å²) in [6.07, 6.45) is 4.07. The maximum Gasteiger partial charge on any atom is 0.0551 e. The van der Waals surface area contributed by atoms with Crippen LogP contribution in [-0.4, -0.2) is 14.1 Å². The van der Waals surface area contributed by atoms with Gasteiger partial charge in [0.15, 0.2) is 0 Å². The summed E-state index contributed by atoms with van der Waals surface area (Å²) in [5.41, 5.74) is 11.4. The molecule has 0 radical (unpaired) electrons. The van der Waals surface area contributed by atoms with Gasteiger partial charge in [-0.15, -0.1) is 0 Å². The van der Waals surface area contributed by atoms with E-state index in [4.69, 9.17) is 5.73 Å². The van der Waals surface area contributed by atoms with Crippen molar-refractivity contribution in [1.29, 1.82) is 0 Å². The molecule has 2 heteroatoms. The second-order valence-electron chi connectivity index (χ2n) is 6.26. The van der Waals surface area contributed by atoms with Crippen LogP contribution in [-0.2, 0) is 0 Å². The van der Waals surface area contributed by atoms with Crippen molar-refractivity contribution in [2.75, 3.05) is 19.0 Å². The molecular weight excluding hydrogens is 256 g/mol. The van der Waals surface area contributed by atoms with E-state index in [1.54, 1.807) is 0 Å². The highest BCUT2D eigenvalue weighted by molar-refractivity contribution is 5.47. The second kappa shape index (κ2) is 5.90. The van der Waals surface area contributed by atoms with Gasteiger partial charge >= 0.3 is 0 Å². The molecule has 0 bridgehead atoms. The molecule has 110 valence electrons. The van der Waals surface area contributed by atoms with Crippen molar-refractivity contribution < 1.29 is 0 Å². The maximum atomic E-state index is 6.40. The lowest BCUT2D eigenvalue weighted by Gasteiger charge is -2.26. The minimum atomic E-state index is -0.0448. The summed E-state index contributed by atoms with van der Waals surface area (Å²) in [6.45, 7) is 0. The fourth-order valence-electron chi connectivity index (χ4n) is 2.89. The standard InChI is InChI=1S/C19H24N2/c1-21(2)18-12-10-17(11-13-18)19(20)16-8-6-15(7-9-16)14-4-3-5-14/h6-14,19H,3-5,20H2,1-2H3. The molecular formula is C19H24N2. The second-order valence-corrected chi connectivity index (χ2v) is 6.26. The van der Waals surface area contributed by atoms with Gasteiger partial charge < -0.3 is 10.6 Å². The van der Waals surface area contributed by atoms with Gasteiger partial charge in [0, 0.05) is 19.8 Å². The van der Waals surface area contributed by atoms with Crippen LogP contribution in [0.3, 0.4) is 0 Å². The molecule has 21 heavy (non-hydrogen) atoms. The largest absolute Gasteiger partial charge is 0.378 e. The molecule has 1 aliphatic rings. The minimum absolute atomic E-state index is 0.0448. The highest BCUT2D eigenvalue weighted by atomic mass is 15.1. The third-order valence-electron chi connectivity index (χ3n) is 4.64. The fourth-order valence-corrected chi connectivity index (χ4v) is 2.89. The number of rotatable bonds is 4. The van der Waals surface area contributed by atoms with Crippen LogP contribution < -0.4 is 10.6 Å². The third kappa shape index (κ3) is 2.96. The van der Waals surface area contributed by atoms with Crippen LogP contribution in [0.25, 0.3) is 0 Å². The van der Waals surface area contributed by atoms with Crippen molar-refractivity contribution in [3.05, 3.63) is 65.2 Å². The number of hydrogen-bond donors (Lipinski definition) is 1. The summed E-state index contributed by atoms with van der Waals surface area (Å²) in [4.78, 5) is 2.10. The average Bonchev–Trinajstić information content (AvgIpc) is 2.46. The highest BCUT2D eigenvalue weighted by Gasteiger charge is 2.19. The van der Waals surface area contributed by atoms with Gasteiger partial charge in [-0.25, -0.2) is 0 Å². The van der Waals surface area contributed by atoms with Gasteiger partial charge in [0.25, 0.3) is 0 Å². The topological polar surface area (TPSA) is 29.3 Å². The van der Waals surface area contributed by atoms with Crippen LogP contribution in [0.2, 0.25) is 0 Å². The Hall–Kier alpha value is -1.80. The molecule has 2 aromatic carbocycles. The Bertz CT molecular complexity index is 580. The van der Waals surface area contributed by atoms with Gasteiger partial charge in [-0.1, -0.05) is 42.8 Å². The van der Waals surface area contributed by atoms with Crippen LogP contribution in [0.15, 0.2) is 48.5 Å². The van der Waals surface area contributed by atoms with E-state index in [0.29, 0.717) is 0 Å². The summed E-state index contributed by atoms with van der Waals surface area (Å²) in [6, 6.07) is 17.4. The zero-order valence-corrected chi connectivity index (χ0v) is 12.9. The number of anilines is 1. The quantitative estimate of drug-likeness (QED) is 0.914. The van der Waals surface area contributed by atoms with E-state index in [0.717, 1.165) is 11.5 Å². The monoisotopic (exact) mass is 280 g/mol. The molecule has 0 spiro atoms. The number of nitrogens with zero attached hydrogens (tertiary/aromatic N) is 1. The molecule has 2 N–H and O–H groups in total. The zero-order valence-electron chi connectivity index (χ0n) is 12.9. The lowest BCUT2D eigenvalue weighted by Crippen LogP contribution is -2.14. The Kier molecular flexibility index (Phi) is 3.98. The van der Waals surface area contributed by atoms with Crippen molar-refractivity contribution in [3.63, 3.8) is 0 Å². The number of nitrogens with two attached hydrogens (primary N) is 1. The molecule has 1 atom stereocenters. The molecule has 0 amide bonds. The lowest BCUT2D eigenvalue weighted by atomic mass is 9.79. The molecule has 2 aromatic rings. The summed E-state index contributed by atoms with van der Waals surface area (Å²) in [5.74, 6) is 0.787. The first kappa shape index (κ1) is 14.2. The third-order valence-corrected chi connectivity index (χ3v) is 4.64. The Morgan fingerprint density at radius 2 is 1.43 bits per heavy atom. The normalized spacial score (nSPS) is 16.3. The molecule has 0 heterocycles. The fraction of sp³-hybridized carbons (Fsp3) is 0.368. The van der Waals surface area contributed by atoms with E-state index in [2.05, 4.69) is 53.4 Å². The highest BCUT2D eigenvalue weighted by Crippen LogP contribution is 2.36. The van der Waals surface area contributed by atoms with E-state index in [1.807, 2.05) is 14.1 Å². The van der Waals surface area contributed by atoms with E-state index < -0.39 is 0 Å². The predicted molar refractivity (Wildman–Crippen MR) is 89.8 cm³/mol. The smallest absolute Gasteiger partial charge is 0.0551 e. The predicted octanol–water partition coefficient (Wildman–Crippen LogP) is 4.07. The van der Waals surface area contributed by atoms with Gasteiger partial charge in [-0.3, -0.25) is 0 Å². The van der Waals surface area contributed by atoms with E-state index in [-0.39, 0.29) is 6.04 Å². The first-order chi connectivity index (χ1) is 10.1. The molecule has 3 rings (SSSR count). The zero-order chi connectivity index (χ0) is 14.8. The molecule has 1 unspecified atom stereocenters. The van der Waals surface area contributed by atoms with Gasteiger partial charge in [0.05, 0.1) is 6.04 Å². The molecule has 0 aromatic heterocycles. The Balaban J connectivity index is 1.75. The summed E-state index contributed by atoms with van der Waals surface area (Å²) < 4.78 is 0. The maximum absolute atomic E-state index is 6.40. The summed E-state index contributed by atoms with van der Waals surface area (Å²) >= 11 is 0. The minimum Gasteiger partial charge on any atom is -0.378 e. The van der Waals surface area contributed by atoms with E-state index in [1.165, 1.54) is 36.1 Å². The number of hydrogen-bond acceptors (Lipinski definition) is 2. The summed E-state index contributed by atoms with van der Waals surface area (Å²) in [7, 11) is 4.10. The van der Waals surface area contributed by atoms with Gasteiger partial charge in [0.2, 0.25) is 0 Å². The first-order valence-corrected chi connectivity index (χ1v) is 7.78. The number of benzene rings is 2. The van der Waals surface area contributed by atoms with Crippen LogP contribution in [0.4, 0.5) is 5.69 Å². The molecule has 1 fully saturated rings. The molecule has 1 saturated carbocycles. The molecule has 2 nitrogen and oxygen atoms in total. The van der Waals surface area contributed by atoms with Crippen LogP contribution in [0, 0.1) is 0 Å². The van der Waals surface area contributed by atoms with Crippen molar-refractivity contribution in [2.45, 2.75) is 31.2 Å². The Labute approximate surface area is 127 Å². The van der Waals surface area contributed by atoms with E-state index >= 15 is 0 Å².